The van der Waals surface area contributed by atoms with E-state index in [4.69, 9.17) is 9.79 Å². The predicted octanol–water partition coefficient (Wildman–Crippen LogP) is 2.62. The third-order valence-electron chi connectivity index (χ3n) is 1.20. The van der Waals surface area contributed by atoms with Gasteiger partial charge in [-0.3, -0.25) is 0 Å². The lowest BCUT2D eigenvalue weighted by atomic mass is 10.4. The molecule has 0 spiro atoms. The number of hydrogen-bond donors (Lipinski definition) is 2. The first-order chi connectivity index (χ1) is 6.08. The van der Waals surface area contributed by atoms with Gasteiger partial charge in [0.25, 0.3) is 0 Å². The smallest absolute Gasteiger partial charge is 0.188 e. The second-order valence-corrected chi connectivity index (χ2v) is 9.17. The van der Waals surface area contributed by atoms with Crippen molar-refractivity contribution in [2.45, 2.75) is 4.90 Å². The molecule has 0 saturated heterocycles. The molecular formula is C7H10O2P2S2. The molecule has 1 aromatic rings. The van der Waals surface area contributed by atoms with Gasteiger partial charge in [-0.15, -0.1) is 11.4 Å². The average Bonchev–Trinajstić information content (AvgIpc) is 2.04. The van der Waals surface area contributed by atoms with Crippen molar-refractivity contribution in [1.29, 1.82) is 0 Å². The highest BCUT2D eigenvalue weighted by molar-refractivity contribution is 8.50. The lowest BCUT2D eigenvalue weighted by Crippen LogP contribution is -1.76. The maximum absolute atomic E-state index is 8.97. The molecule has 13 heavy (non-hydrogen) atoms. The first kappa shape index (κ1) is 11.6. The molecule has 0 aliphatic heterocycles. The zero-order valence-corrected chi connectivity index (χ0v) is 10.3. The molecule has 0 saturated carbocycles. The standard InChI is InChI=1S/C7H10O2P2S2/c8-11(9,12)6-10-13-7-4-2-1-3-5-7/h1-5,10H,6H2,(H2,8,9,12). The van der Waals surface area contributed by atoms with Crippen LogP contribution < -0.4 is 0 Å². The van der Waals surface area contributed by atoms with Crippen molar-refractivity contribution in [3.63, 3.8) is 0 Å². The Kier molecular flexibility index (Phi) is 4.88. The van der Waals surface area contributed by atoms with E-state index >= 15 is 0 Å². The predicted molar refractivity (Wildman–Crippen MR) is 64.2 cm³/mol. The molecule has 0 aliphatic rings. The average molecular weight is 252 g/mol. The van der Waals surface area contributed by atoms with Gasteiger partial charge in [0, 0.05) is 4.90 Å². The van der Waals surface area contributed by atoms with Crippen LogP contribution in [0.2, 0.25) is 0 Å². The Labute approximate surface area is 88.5 Å². The van der Waals surface area contributed by atoms with Gasteiger partial charge in [-0.1, -0.05) is 18.2 Å². The summed E-state index contributed by atoms with van der Waals surface area (Å²) in [6.07, 6.45) is 0. The van der Waals surface area contributed by atoms with Gasteiger partial charge >= 0.3 is 0 Å². The Morgan fingerprint density at radius 1 is 1.31 bits per heavy atom. The zero-order valence-electron chi connectivity index (χ0n) is 6.75. The van der Waals surface area contributed by atoms with Gasteiger partial charge in [-0.05, 0) is 31.7 Å². The van der Waals surface area contributed by atoms with Crippen LogP contribution >= 0.6 is 25.7 Å². The Hall–Kier alpha value is 0.570. The third-order valence-corrected chi connectivity index (χ3v) is 7.48. The molecular weight excluding hydrogens is 242 g/mol. The van der Waals surface area contributed by atoms with Crippen molar-refractivity contribution < 1.29 is 9.79 Å². The topological polar surface area (TPSA) is 40.5 Å². The fourth-order valence-electron chi connectivity index (χ4n) is 0.688. The Bertz CT molecular complexity index is 299. The summed E-state index contributed by atoms with van der Waals surface area (Å²) in [4.78, 5) is 19.1. The molecule has 0 bridgehead atoms. The van der Waals surface area contributed by atoms with Crippen molar-refractivity contribution in [1.82, 2.24) is 0 Å². The molecule has 0 amide bonds. The van der Waals surface area contributed by atoms with Gasteiger partial charge in [0.1, 0.15) is 0 Å². The first-order valence-corrected chi connectivity index (χ1v) is 9.21. The summed E-state index contributed by atoms with van der Waals surface area (Å²) < 4.78 is 0. The van der Waals surface area contributed by atoms with Crippen LogP contribution in [0.15, 0.2) is 35.2 Å². The van der Waals surface area contributed by atoms with Crippen molar-refractivity contribution in [3.05, 3.63) is 30.3 Å². The quantitative estimate of drug-likeness (QED) is 0.808. The highest BCUT2D eigenvalue weighted by Crippen LogP contribution is 2.49. The lowest BCUT2D eigenvalue weighted by molar-refractivity contribution is 0.485. The van der Waals surface area contributed by atoms with Gasteiger partial charge in [-0.2, -0.15) is 0 Å². The van der Waals surface area contributed by atoms with E-state index in [9.17, 15) is 0 Å². The third kappa shape index (κ3) is 5.79. The number of rotatable bonds is 4. The van der Waals surface area contributed by atoms with Crippen LogP contribution in [0.1, 0.15) is 0 Å². The first-order valence-electron chi connectivity index (χ1n) is 3.57. The van der Waals surface area contributed by atoms with Gasteiger partial charge in [0.05, 0.1) is 5.90 Å². The van der Waals surface area contributed by atoms with E-state index in [0.29, 0.717) is 13.7 Å². The normalized spacial score (nSPS) is 12.5. The van der Waals surface area contributed by atoms with Crippen LogP contribution in [0.3, 0.4) is 0 Å². The van der Waals surface area contributed by atoms with Crippen LogP contribution in [0.5, 0.6) is 0 Å². The van der Waals surface area contributed by atoms with Gasteiger partial charge in [0.2, 0.25) is 0 Å². The zero-order chi connectivity index (χ0) is 9.73. The fourth-order valence-corrected chi connectivity index (χ4v) is 6.50. The van der Waals surface area contributed by atoms with E-state index in [0.717, 1.165) is 4.90 Å². The summed E-state index contributed by atoms with van der Waals surface area (Å²) >= 11 is 6.13. The molecule has 0 heterocycles. The minimum atomic E-state index is -2.98. The Morgan fingerprint density at radius 3 is 2.46 bits per heavy atom. The summed E-state index contributed by atoms with van der Waals surface area (Å²) in [6, 6.07) is 9.86. The maximum Gasteiger partial charge on any atom is 0.188 e. The van der Waals surface area contributed by atoms with E-state index in [-0.39, 0.29) is 0 Å². The highest BCUT2D eigenvalue weighted by atomic mass is 32.7. The molecule has 0 aliphatic carbocycles. The molecule has 2 nitrogen and oxygen atoms in total. The molecule has 0 fully saturated rings. The van der Waals surface area contributed by atoms with Crippen LogP contribution in [0.25, 0.3) is 0 Å². The molecule has 72 valence electrons. The second-order valence-electron chi connectivity index (χ2n) is 2.38. The number of hydrogen-bond acceptors (Lipinski definition) is 2. The molecule has 0 radical (unpaired) electrons. The fraction of sp³-hybridized carbons (Fsp3) is 0.143. The van der Waals surface area contributed by atoms with Crippen LogP contribution in [-0.2, 0) is 11.8 Å². The monoisotopic (exact) mass is 252 g/mol. The van der Waals surface area contributed by atoms with E-state index in [1.165, 1.54) is 0 Å². The van der Waals surface area contributed by atoms with Crippen molar-refractivity contribution in [2.24, 2.45) is 0 Å². The summed E-state index contributed by atoms with van der Waals surface area (Å²) in [5, 5.41) is 0. The molecule has 0 aromatic heterocycles. The largest absolute Gasteiger partial charge is 0.345 e. The minimum absolute atomic E-state index is 0.335. The van der Waals surface area contributed by atoms with Crippen LogP contribution in [-0.4, -0.2) is 15.7 Å². The second kappa shape index (κ2) is 5.45. The highest BCUT2D eigenvalue weighted by Gasteiger charge is 2.06. The molecule has 1 rings (SSSR count). The molecule has 6 heteroatoms. The Balaban J connectivity index is 2.33. The van der Waals surface area contributed by atoms with Gasteiger partial charge < -0.3 is 9.79 Å². The van der Waals surface area contributed by atoms with Crippen molar-refractivity contribution >= 4 is 37.5 Å². The molecule has 2 N–H and O–H groups in total. The summed E-state index contributed by atoms with van der Waals surface area (Å²) in [5.41, 5.74) is 0. The SMILES string of the molecule is OP(O)(=S)CPSc1ccccc1. The van der Waals surface area contributed by atoms with E-state index in [1.54, 1.807) is 11.4 Å². The lowest BCUT2D eigenvalue weighted by Gasteiger charge is -2.06. The molecule has 1 atom stereocenters. The number of benzene rings is 1. The summed E-state index contributed by atoms with van der Waals surface area (Å²) in [5.74, 6) is 0.335. The van der Waals surface area contributed by atoms with Crippen molar-refractivity contribution in [3.8, 4) is 0 Å². The van der Waals surface area contributed by atoms with E-state index < -0.39 is 6.49 Å². The maximum atomic E-state index is 8.97. The minimum Gasteiger partial charge on any atom is -0.345 e. The molecule has 1 unspecified atom stereocenters. The van der Waals surface area contributed by atoms with E-state index in [2.05, 4.69) is 11.8 Å². The van der Waals surface area contributed by atoms with E-state index in [1.807, 2.05) is 30.3 Å². The van der Waals surface area contributed by atoms with Gasteiger partial charge in [0.15, 0.2) is 6.49 Å². The van der Waals surface area contributed by atoms with Crippen molar-refractivity contribution in [2.75, 3.05) is 5.90 Å². The van der Waals surface area contributed by atoms with Gasteiger partial charge in [-0.25, -0.2) is 0 Å². The van der Waals surface area contributed by atoms with Crippen LogP contribution in [0.4, 0.5) is 0 Å². The summed E-state index contributed by atoms with van der Waals surface area (Å²) in [6.45, 7) is -2.98. The Morgan fingerprint density at radius 2 is 1.92 bits per heavy atom. The summed E-state index contributed by atoms with van der Waals surface area (Å²) in [7, 11) is 0.423. The van der Waals surface area contributed by atoms with Crippen LogP contribution in [0, 0.1) is 0 Å². The molecule has 1 aromatic carbocycles.